The molecule has 0 aromatic heterocycles. The van der Waals surface area contributed by atoms with E-state index in [0.717, 1.165) is 27.5 Å². The predicted octanol–water partition coefficient (Wildman–Crippen LogP) is 4.71. The first-order chi connectivity index (χ1) is 10.5. The molecule has 1 amide bonds. The van der Waals surface area contributed by atoms with E-state index in [9.17, 15) is 4.79 Å². The maximum atomic E-state index is 12.0. The molecule has 0 heterocycles. The Bertz CT molecular complexity index is 683. The van der Waals surface area contributed by atoms with Crippen molar-refractivity contribution in [2.75, 3.05) is 17.2 Å². The molecule has 22 heavy (non-hydrogen) atoms. The van der Waals surface area contributed by atoms with E-state index >= 15 is 0 Å². The van der Waals surface area contributed by atoms with Crippen LogP contribution in [0.1, 0.15) is 23.1 Å². The first-order valence-corrected chi connectivity index (χ1v) is 7.72. The van der Waals surface area contributed by atoms with Gasteiger partial charge in [-0.1, -0.05) is 29.8 Å². The van der Waals surface area contributed by atoms with Crippen LogP contribution in [0.2, 0.25) is 5.02 Å². The van der Waals surface area contributed by atoms with Crippen LogP contribution in [0.15, 0.2) is 36.4 Å². The number of benzene rings is 2. The zero-order chi connectivity index (χ0) is 16.1. The summed E-state index contributed by atoms with van der Waals surface area (Å²) < 4.78 is 0. The number of halogens is 1. The van der Waals surface area contributed by atoms with Crippen molar-refractivity contribution in [1.82, 2.24) is 0 Å². The molecule has 4 heteroatoms. The lowest BCUT2D eigenvalue weighted by Gasteiger charge is -2.12. The summed E-state index contributed by atoms with van der Waals surface area (Å²) in [6, 6.07) is 11.6. The maximum Gasteiger partial charge on any atom is 0.226 e. The first kappa shape index (κ1) is 16.4. The number of rotatable bonds is 5. The molecule has 0 radical (unpaired) electrons. The van der Waals surface area contributed by atoms with E-state index in [1.165, 1.54) is 5.56 Å². The predicted molar refractivity (Wildman–Crippen MR) is 93.8 cm³/mol. The Morgan fingerprint density at radius 1 is 1.00 bits per heavy atom. The normalized spacial score (nSPS) is 10.4. The molecule has 0 aliphatic rings. The number of carbonyl (C=O) groups excluding carboxylic acids is 1. The number of carbonyl (C=O) groups is 1. The van der Waals surface area contributed by atoms with Crippen LogP contribution in [0, 0.1) is 20.8 Å². The SMILES string of the molecule is Cc1cccc(NC(=O)CCNc2cccc(Cl)c2C)c1C. The summed E-state index contributed by atoms with van der Waals surface area (Å²) in [5, 5.41) is 6.94. The molecule has 0 saturated carbocycles. The number of amides is 1. The first-order valence-electron chi connectivity index (χ1n) is 7.34. The Kier molecular flexibility index (Phi) is 5.45. The average Bonchev–Trinajstić information content (AvgIpc) is 2.48. The van der Waals surface area contributed by atoms with Gasteiger partial charge in [-0.3, -0.25) is 4.79 Å². The van der Waals surface area contributed by atoms with Crippen molar-refractivity contribution in [2.24, 2.45) is 0 Å². The fourth-order valence-corrected chi connectivity index (χ4v) is 2.38. The van der Waals surface area contributed by atoms with Crippen LogP contribution in [0.3, 0.4) is 0 Å². The molecule has 0 unspecified atom stereocenters. The van der Waals surface area contributed by atoms with E-state index in [1.807, 2.05) is 57.2 Å². The summed E-state index contributed by atoms with van der Waals surface area (Å²) in [7, 11) is 0. The van der Waals surface area contributed by atoms with Crippen LogP contribution >= 0.6 is 11.6 Å². The Balaban J connectivity index is 1.88. The zero-order valence-corrected chi connectivity index (χ0v) is 13.9. The highest BCUT2D eigenvalue weighted by Crippen LogP contribution is 2.23. The van der Waals surface area contributed by atoms with Gasteiger partial charge in [0.1, 0.15) is 0 Å². The fourth-order valence-electron chi connectivity index (χ4n) is 2.21. The molecule has 0 aliphatic carbocycles. The molecular formula is C18H21ClN2O. The van der Waals surface area contributed by atoms with E-state index in [2.05, 4.69) is 10.6 Å². The van der Waals surface area contributed by atoms with Crippen LogP contribution in [-0.4, -0.2) is 12.5 Å². The van der Waals surface area contributed by atoms with Crippen LogP contribution < -0.4 is 10.6 Å². The van der Waals surface area contributed by atoms with E-state index in [0.29, 0.717) is 13.0 Å². The minimum atomic E-state index is 0.000816. The standard InChI is InChI=1S/C18H21ClN2O/c1-12-6-4-9-17(13(12)2)21-18(22)10-11-20-16-8-5-7-15(19)14(16)3/h4-9,20H,10-11H2,1-3H3,(H,21,22). The van der Waals surface area contributed by atoms with Crippen LogP contribution in [-0.2, 0) is 4.79 Å². The van der Waals surface area contributed by atoms with Gasteiger partial charge < -0.3 is 10.6 Å². The fraction of sp³-hybridized carbons (Fsp3) is 0.278. The molecule has 3 nitrogen and oxygen atoms in total. The molecule has 0 atom stereocenters. The van der Waals surface area contributed by atoms with Crippen molar-refractivity contribution in [3.63, 3.8) is 0 Å². The summed E-state index contributed by atoms with van der Waals surface area (Å²) in [5.74, 6) is 0.000816. The second-order valence-corrected chi connectivity index (χ2v) is 5.79. The van der Waals surface area contributed by atoms with Gasteiger partial charge in [0, 0.05) is 29.4 Å². The topological polar surface area (TPSA) is 41.1 Å². The summed E-state index contributed by atoms with van der Waals surface area (Å²) in [5.41, 5.74) is 5.12. The van der Waals surface area contributed by atoms with Gasteiger partial charge in [-0.25, -0.2) is 0 Å². The Morgan fingerprint density at radius 2 is 1.68 bits per heavy atom. The molecule has 2 aromatic carbocycles. The molecule has 0 saturated heterocycles. The van der Waals surface area contributed by atoms with Gasteiger partial charge in [0.2, 0.25) is 5.91 Å². The third-order valence-corrected chi connectivity index (χ3v) is 4.22. The second-order valence-electron chi connectivity index (χ2n) is 5.38. The van der Waals surface area contributed by atoms with Gasteiger partial charge in [0.15, 0.2) is 0 Å². The summed E-state index contributed by atoms with van der Waals surface area (Å²) in [6.45, 7) is 6.58. The summed E-state index contributed by atoms with van der Waals surface area (Å²) in [6.07, 6.45) is 0.402. The Hall–Kier alpha value is -2.00. The molecule has 116 valence electrons. The molecule has 2 N–H and O–H groups in total. The molecule has 2 aromatic rings. The monoisotopic (exact) mass is 316 g/mol. The highest BCUT2D eigenvalue weighted by atomic mass is 35.5. The van der Waals surface area contributed by atoms with E-state index in [1.54, 1.807) is 0 Å². The molecule has 2 rings (SSSR count). The zero-order valence-electron chi connectivity index (χ0n) is 13.2. The minimum absolute atomic E-state index is 0.000816. The molecule has 0 bridgehead atoms. The van der Waals surface area contributed by atoms with Crippen molar-refractivity contribution in [3.8, 4) is 0 Å². The van der Waals surface area contributed by atoms with Crippen LogP contribution in [0.25, 0.3) is 0 Å². The summed E-state index contributed by atoms with van der Waals surface area (Å²) >= 11 is 6.08. The highest BCUT2D eigenvalue weighted by molar-refractivity contribution is 6.31. The number of nitrogens with one attached hydrogen (secondary N) is 2. The maximum absolute atomic E-state index is 12.0. The largest absolute Gasteiger partial charge is 0.384 e. The smallest absolute Gasteiger partial charge is 0.226 e. The number of hydrogen-bond donors (Lipinski definition) is 2. The lowest BCUT2D eigenvalue weighted by molar-refractivity contribution is -0.115. The average molecular weight is 317 g/mol. The van der Waals surface area contributed by atoms with Crippen molar-refractivity contribution < 1.29 is 4.79 Å². The quantitative estimate of drug-likeness (QED) is 0.839. The van der Waals surface area contributed by atoms with Crippen molar-refractivity contribution in [2.45, 2.75) is 27.2 Å². The van der Waals surface area contributed by atoms with Crippen molar-refractivity contribution >= 4 is 28.9 Å². The number of aryl methyl sites for hydroxylation is 1. The lowest BCUT2D eigenvalue weighted by Crippen LogP contribution is -2.17. The van der Waals surface area contributed by atoms with Crippen LogP contribution in [0.5, 0.6) is 0 Å². The summed E-state index contributed by atoms with van der Waals surface area (Å²) in [4.78, 5) is 12.0. The van der Waals surface area contributed by atoms with Gasteiger partial charge in [0.25, 0.3) is 0 Å². The van der Waals surface area contributed by atoms with Crippen molar-refractivity contribution in [1.29, 1.82) is 0 Å². The molecule has 0 fully saturated rings. The molecular weight excluding hydrogens is 296 g/mol. The van der Waals surface area contributed by atoms with Gasteiger partial charge >= 0.3 is 0 Å². The van der Waals surface area contributed by atoms with Gasteiger partial charge in [-0.2, -0.15) is 0 Å². The lowest BCUT2D eigenvalue weighted by atomic mass is 10.1. The minimum Gasteiger partial charge on any atom is -0.384 e. The van der Waals surface area contributed by atoms with Gasteiger partial charge in [0.05, 0.1) is 0 Å². The Labute approximate surface area is 136 Å². The van der Waals surface area contributed by atoms with E-state index in [4.69, 9.17) is 11.6 Å². The van der Waals surface area contributed by atoms with Crippen molar-refractivity contribution in [3.05, 3.63) is 58.1 Å². The number of hydrogen-bond acceptors (Lipinski definition) is 2. The van der Waals surface area contributed by atoms with Crippen LogP contribution in [0.4, 0.5) is 11.4 Å². The molecule has 0 spiro atoms. The molecule has 0 aliphatic heterocycles. The highest BCUT2D eigenvalue weighted by Gasteiger charge is 2.07. The second kappa shape index (κ2) is 7.32. The van der Waals surface area contributed by atoms with Gasteiger partial charge in [-0.15, -0.1) is 0 Å². The van der Waals surface area contributed by atoms with E-state index in [-0.39, 0.29) is 5.91 Å². The number of anilines is 2. The van der Waals surface area contributed by atoms with Gasteiger partial charge in [-0.05, 0) is 55.7 Å². The Morgan fingerprint density at radius 3 is 2.45 bits per heavy atom. The third kappa shape index (κ3) is 4.01. The van der Waals surface area contributed by atoms with E-state index < -0.39 is 0 Å². The third-order valence-electron chi connectivity index (χ3n) is 3.81.